The number of rotatable bonds is 5. The van der Waals surface area contributed by atoms with Gasteiger partial charge in [-0.05, 0) is 48.0 Å². The highest BCUT2D eigenvalue weighted by Crippen LogP contribution is 2.27. The lowest BCUT2D eigenvalue weighted by molar-refractivity contribution is 0.563. The number of halogens is 1. The van der Waals surface area contributed by atoms with Crippen molar-refractivity contribution in [3.63, 3.8) is 0 Å². The summed E-state index contributed by atoms with van der Waals surface area (Å²) in [5.41, 5.74) is 1.54. The first-order chi connectivity index (χ1) is 16.4. The Morgan fingerprint density at radius 1 is 0.912 bits per heavy atom. The number of benzene rings is 3. The van der Waals surface area contributed by atoms with Crippen LogP contribution < -0.4 is 5.63 Å². The largest absolute Gasteiger partial charge is 0.422 e. The number of imidazole rings is 1. The summed E-state index contributed by atoms with van der Waals surface area (Å²) in [7, 11) is -3.96. The summed E-state index contributed by atoms with van der Waals surface area (Å²) < 4.78 is 34.4. The molecular formula is C26H17BrN2O4S. The maximum absolute atomic E-state index is 13.3. The van der Waals surface area contributed by atoms with Gasteiger partial charge in [0, 0.05) is 27.2 Å². The molecule has 0 saturated carbocycles. The number of hydrogen-bond acceptors (Lipinski definition) is 5. The molecule has 0 fully saturated rings. The van der Waals surface area contributed by atoms with E-state index < -0.39 is 15.5 Å². The molecule has 34 heavy (non-hydrogen) atoms. The third-order valence-corrected chi connectivity index (χ3v) is 6.96. The van der Waals surface area contributed by atoms with Gasteiger partial charge in [-0.15, -0.1) is 0 Å². The van der Waals surface area contributed by atoms with E-state index in [1.165, 1.54) is 16.8 Å². The number of hydrogen-bond donors (Lipinski definition) is 0. The summed E-state index contributed by atoms with van der Waals surface area (Å²) in [5, 5.41) is 1.61. The van der Waals surface area contributed by atoms with Crippen LogP contribution in [0.25, 0.3) is 34.0 Å². The Morgan fingerprint density at radius 2 is 1.62 bits per heavy atom. The van der Waals surface area contributed by atoms with Gasteiger partial charge in [0.15, 0.2) is 0 Å². The predicted octanol–water partition coefficient (Wildman–Crippen LogP) is 5.85. The summed E-state index contributed by atoms with van der Waals surface area (Å²) in [5.74, 6) is 0. The monoisotopic (exact) mass is 532 g/mol. The summed E-state index contributed by atoms with van der Waals surface area (Å²) in [6, 6.07) is 25.0. The Bertz CT molecular complexity index is 1690. The van der Waals surface area contributed by atoms with Crippen LogP contribution in [-0.4, -0.2) is 18.0 Å². The van der Waals surface area contributed by atoms with Gasteiger partial charge in [0.05, 0.1) is 11.3 Å². The molecule has 0 amide bonds. The standard InChI is InChI=1S/C26H17BrN2O4S/c27-20-11-12-24-19(15-20)16-22(25(30)33-24)23-17-29(21-9-5-2-6-10-21)26(28-23)34(31,32)14-13-18-7-3-1-4-8-18/h1-17H/b14-13-. The van der Waals surface area contributed by atoms with E-state index in [4.69, 9.17) is 4.42 Å². The smallest absolute Gasteiger partial charge is 0.345 e. The van der Waals surface area contributed by atoms with Crippen molar-refractivity contribution in [2.45, 2.75) is 5.16 Å². The molecule has 8 heteroatoms. The molecule has 0 aliphatic heterocycles. The van der Waals surface area contributed by atoms with Crippen LogP contribution in [0.5, 0.6) is 0 Å². The minimum Gasteiger partial charge on any atom is -0.422 e. The van der Waals surface area contributed by atoms with Crippen molar-refractivity contribution in [1.82, 2.24) is 9.55 Å². The maximum atomic E-state index is 13.3. The number of fused-ring (bicyclic) bond motifs is 1. The van der Waals surface area contributed by atoms with Gasteiger partial charge in [-0.2, -0.15) is 0 Å². The molecule has 0 unspecified atom stereocenters. The lowest BCUT2D eigenvalue weighted by Gasteiger charge is -2.06. The molecule has 0 N–H and O–H groups in total. The van der Waals surface area contributed by atoms with Crippen molar-refractivity contribution in [2.75, 3.05) is 0 Å². The van der Waals surface area contributed by atoms with Gasteiger partial charge in [-0.25, -0.2) is 18.2 Å². The molecule has 0 atom stereocenters. The van der Waals surface area contributed by atoms with Gasteiger partial charge in [0.2, 0.25) is 15.0 Å². The van der Waals surface area contributed by atoms with E-state index in [-0.39, 0.29) is 16.4 Å². The van der Waals surface area contributed by atoms with Gasteiger partial charge in [0.1, 0.15) is 5.58 Å². The highest BCUT2D eigenvalue weighted by molar-refractivity contribution is 9.10. The molecule has 3 aromatic carbocycles. The van der Waals surface area contributed by atoms with Crippen molar-refractivity contribution in [1.29, 1.82) is 0 Å². The Balaban J connectivity index is 1.68. The summed E-state index contributed by atoms with van der Waals surface area (Å²) in [4.78, 5) is 17.1. The second-order valence-electron chi connectivity index (χ2n) is 7.50. The fraction of sp³-hybridized carbons (Fsp3) is 0. The van der Waals surface area contributed by atoms with E-state index in [2.05, 4.69) is 20.9 Å². The first-order valence-corrected chi connectivity index (χ1v) is 12.6. The average Bonchev–Trinajstić information content (AvgIpc) is 3.30. The number of aromatic nitrogens is 2. The van der Waals surface area contributed by atoms with Crippen LogP contribution in [0.15, 0.2) is 115 Å². The van der Waals surface area contributed by atoms with Gasteiger partial charge < -0.3 is 4.42 Å². The van der Waals surface area contributed by atoms with E-state index >= 15 is 0 Å². The van der Waals surface area contributed by atoms with Crippen LogP contribution in [0, 0.1) is 0 Å². The first-order valence-electron chi connectivity index (χ1n) is 10.3. The molecule has 168 valence electrons. The molecule has 0 radical (unpaired) electrons. The van der Waals surface area contributed by atoms with E-state index in [1.807, 2.05) is 30.3 Å². The van der Waals surface area contributed by atoms with Crippen LogP contribution in [0.1, 0.15) is 5.56 Å². The summed E-state index contributed by atoms with van der Waals surface area (Å²) in [6.07, 6.45) is 3.05. The molecule has 0 bridgehead atoms. The van der Waals surface area contributed by atoms with Crippen molar-refractivity contribution < 1.29 is 12.8 Å². The second kappa shape index (κ2) is 8.89. The van der Waals surface area contributed by atoms with Crippen molar-refractivity contribution in [3.05, 3.63) is 117 Å². The molecule has 2 heterocycles. The van der Waals surface area contributed by atoms with E-state index in [0.717, 1.165) is 15.4 Å². The third kappa shape index (κ3) is 4.37. The van der Waals surface area contributed by atoms with Crippen LogP contribution >= 0.6 is 15.9 Å². The van der Waals surface area contributed by atoms with Gasteiger partial charge in [0.25, 0.3) is 0 Å². The number of nitrogens with zero attached hydrogens (tertiary/aromatic N) is 2. The normalized spacial score (nSPS) is 11.9. The molecule has 2 aromatic heterocycles. The molecule has 5 rings (SSSR count). The quantitative estimate of drug-likeness (QED) is 0.265. The zero-order valence-corrected chi connectivity index (χ0v) is 20.0. The molecule has 0 aliphatic rings. The Kier molecular flexibility index (Phi) is 5.77. The van der Waals surface area contributed by atoms with Crippen LogP contribution in [0.3, 0.4) is 0 Å². The van der Waals surface area contributed by atoms with Crippen LogP contribution in [0.2, 0.25) is 0 Å². The van der Waals surface area contributed by atoms with E-state index in [9.17, 15) is 13.2 Å². The minimum atomic E-state index is -3.96. The molecule has 0 aliphatic carbocycles. The van der Waals surface area contributed by atoms with Crippen molar-refractivity contribution >= 4 is 42.8 Å². The Labute approximate surface area is 203 Å². The van der Waals surface area contributed by atoms with Gasteiger partial charge >= 0.3 is 5.63 Å². The zero-order valence-electron chi connectivity index (χ0n) is 17.6. The van der Waals surface area contributed by atoms with Crippen molar-refractivity contribution in [3.8, 4) is 16.9 Å². The Morgan fingerprint density at radius 3 is 2.35 bits per heavy atom. The topological polar surface area (TPSA) is 82.2 Å². The van der Waals surface area contributed by atoms with Crippen LogP contribution in [-0.2, 0) is 9.84 Å². The van der Waals surface area contributed by atoms with Gasteiger partial charge in [-0.1, -0.05) is 64.5 Å². The summed E-state index contributed by atoms with van der Waals surface area (Å²) >= 11 is 3.41. The number of sulfone groups is 1. The molecule has 0 spiro atoms. The lowest BCUT2D eigenvalue weighted by Crippen LogP contribution is -2.06. The highest BCUT2D eigenvalue weighted by atomic mass is 79.9. The molecule has 0 saturated heterocycles. The second-order valence-corrected chi connectivity index (χ2v) is 10.1. The lowest BCUT2D eigenvalue weighted by atomic mass is 10.1. The Hall–Kier alpha value is -3.75. The SMILES string of the molecule is O=c1oc2ccc(Br)cc2cc1-c1cn(-c2ccccc2)c(S(=O)(=O)/C=C\c2ccccc2)n1. The van der Waals surface area contributed by atoms with Crippen LogP contribution in [0.4, 0.5) is 0 Å². The van der Waals surface area contributed by atoms with Gasteiger partial charge in [-0.3, -0.25) is 4.57 Å². The summed E-state index contributed by atoms with van der Waals surface area (Å²) in [6.45, 7) is 0. The van der Waals surface area contributed by atoms with Crippen molar-refractivity contribution in [2.24, 2.45) is 0 Å². The first kappa shape index (κ1) is 22.1. The maximum Gasteiger partial charge on any atom is 0.345 e. The highest BCUT2D eigenvalue weighted by Gasteiger charge is 2.23. The fourth-order valence-corrected chi connectivity index (χ4v) is 5.03. The predicted molar refractivity (Wildman–Crippen MR) is 135 cm³/mol. The number of para-hydroxylation sites is 1. The third-order valence-electron chi connectivity index (χ3n) is 5.17. The average molecular weight is 533 g/mol. The molecule has 6 nitrogen and oxygen atoms in total. The van der Waals surface area contributed by atoms with E-state index in [0.29, 0.717) is 16.7 Å². The zero-order chi connectivity index (χ0) is 23.7. The molecular weight excluding hydrogens is 516 g/mol. The fourth-order valence-electron chi connectivity index (χ4n) is 3.53. The van der Waals surface area contributed by atoms with E-state index in [1.54, 1.807) is 54.6 Å². The minimum absolute atomic E-state index is 0.170. The molecule has 5 aromatic rings.